The highest BCUT2D eigenvalue weighted by Crippen LogP contribution is 2.36. The van der Waals surface area contributed by atoms with Crippen LogP contribution in [0.15, 0.2) is 52.2 Å². The summed E-state index contributed by atoms with van der Waals surface area (Å²) in [7, 11) is -3.44. The normalized spacial score (nSPS) is 20.4. The van der Waals surface area contributed by atoms with E-state index in [-0.39, 0.29) is 6.04 Å². The van der Waals surface area contributed by atoms with Gasteiger partial charge in [0.05, 0.1) is 23.5 Å². The Morgan fingerprint density at radius 3 is 2.60 bits per heavy atom. The second-order valence-electron chi connectivity index (χ2n) is 5.14. The molecule has 1 fully saturated rings. The van der Waals surface area contributed by atoms with E-state index in [2.05, 4.69) is 0 Å². The van der Waals surface area contributed by atoms with Gasteiger partial charge in [-0.15, -0.1) is 0 Å². The van der Waals surface area contributed by atoms with Gasteiger partial charge in [-0.3, -0.25) is 0 Å². The van der Waals surface area contributed by atoms with Gasteiger partial charge < -0.3 is 4.42 Å². The minimum atomic E-state index is -3.44. The fourth-order valence-electron chi connectivity index (χ4n) is 2.67. The van der Waals surface area contributed by atoms with Gasteiger partial charge >= 0.3 is 0 Å². The van der Waals surface area contributed by atoms with Gasteiger partial charge in [-0.25, -0.2) is 8.42 Å². The summed E-state index contributed by atoms with van der Waals surface area (Å²) in [6.07, 6.45) is 4.93. The van der Waals surface area contributed by atoms with Crippen LogP contribution in [0.1, 0.15) is 30.0 Å². The highest BCUT2D eigenvalue weighted by atomic mass is 32.2. The van der Waals surface area contributed by atoms with E-state index in [4.69, 9.17) is 4.42 Å². The summed E-state index contributed by atoms with van der Waals surface area (Å²) < 4.78 is 32.2. The molecule has 20 heavy (non-hydrogen) atoms. The minimum absolute atomic E-state index is 0.111. The first kappa shape index (κ1) is 13.4. The molecule has 1 aliphatic rings. The first-order valence-corrected chi connectivity index (χ1v) is 8.13. The highest BCUT2D eigenvalue weighted by molar-refractivity contribution is 7.89. The van der Waals surface area contributed by atoms with Gasteiger partial charge in [-0.1, -0.05) is 17.7 Å². The van der Waals surface area contributed by atoms with Crippen molar-refractivity contribution in [3.8, 4) is 0 Å². The predicted molar refractivity (Wildman–Crippen MR) is 75.8 cm³/mol. The highest BCUT2D eigenvalue weighted by Gasteiger charge is 2.36. The summed E-state index contributed by atoms with van der Waals surface area (Å²) in [6, 6.07) is 8.74. The van der Waals surface area contributed by atoms with Crippen LogP contribution in [-0.4, -0.2) is 19.3 Å². The van der Waals surface area contributed by atoms with Gasteiger partial charge in [0, 0.05) is 12.1 Å². The van der Waals surface area contributed by atoms with Crippen LogP contribution in [-0.2, 0) is 10.0 Å². The van der Waals surface area contributed by atoms with Crippen molar-refractivity contribution in [2.24, 2.45) is 0 Å². The van der Waals surface area contributed by atoms with Crippen molar-refractivity contribution in [1.29, 1.82) is 0 Å². The van der Waals surface area contributed by atoms with E-state index in [0.717, 1.165) is 24.0 Å². The molecule has 0 saturated carbocycles. The van der Waals surface area contributed by atoms with E-state index in [0.29, 0.717) is 11.4 Å². The van der Waals surface area contributed by atoms with Gasteiger partial charge in [-0.2, -0.15) is 4.31 Å². The lowest BCUT2D eigenvalue weighted by molar-refractivity contribution is 0.394. The first-order chi connectivity index (χ1) is 9.59. The summed E-state index contributed by atoms with van der Waals surface area (Å²) >= 11 is 0. The maximum atomic E-state index is 12.7. The zero-order valence-corrected chi connectivity index (χ0v) is 12.1. The molecule has 3 rings (SSSR count). The lowest BCUT2D eigenvalue weighted by Gasteiger charge is -2.23. The van der Waals surface area contributed by atoms with Crippen LogP contribution in [0.5, 0.6) is 0 Å². The van der Waals surface area contributed by atoms with Crippen LogP contribution in [0.3, 0.4) is 0 Å². The lowest BCUT2D eigenvalue weighted by Crippen LogP contribution is -2.30. The monoisotopic (exact) mass is 291 g/mol. The smallest absolute Gasteiger partial charge is 0.243 e. The first-order valence-electron chi connectivity index (χ1n) is 6.69. The number of benzene rings is 1. The van der Waals surface area contributed by atoms with Gasteiger partial charge in [0.1, 0.15) is 0 Å². The third-order valence-electron chi connectivity index (χ3n) is 3.76. The average molecular weight is 291 g/mol. The molecular weight excluding hydrogens is 274 g/mol. The number of rotatable bonds is 3. The third-order valence-corrected chi connectivity index (χ3v) is 5.68. The van der Waals surface area contributed by atoms with E-state index in [9.17, 15) is 8.42 Å². The largest absolute Gasteiger partial charge is 0.472 e. The molecule has 1 saturated heterocycles. The maximum Gasteiger partial charge on any atom is 0.243 e. The Balaban J connectivity index is 1.96. The Bertz CT molecular complexity index is 674. The molecule has 1 unspecified atom stereocenters. The molecule has 106 valence electrons. The van der Waals surface area contributed by atoms with E-state index < -0.39 is 10.0 Å². The molecule has 1 aromatic carbocycles. The van der Waals surface area contributed by atoms with E-state index in [1.807, 2.05) is 25.1 Å². The van der Waals surface area contributed by atoms with Gasteiger partial charge in [-0.05, 0) is 38.0 Å². The number of hydrogen-bond acceptors (Lipinski definition) is 3. The second-order valence-corrected chi connectivity index (χ2v) is 7.03. The van der Waals surface area contributed by atoms with E-state index >= 15 is 0 Å². The van der Waals surface area contributed by atoms with Crippen LogP contribution in [0.25, 0.3) is 0 Å². The summed E-state index contributed by atoms with van der Waals surface area (Å²) in [5.74, 6) is 0. The molecule has 0 N–H and O–H groups in total. The van der Waals surface area contributed by atoms with Crippen LogP contribution in [0.4, 0.5) is 0 Å². The molecule has 1 aromatic heterocycles. The molecule has 2 aromatic rings. The van der Waals surface area contributed by atoms with Gasteiger partial charge in [0.15, 0.2) is 0 Å². The molecule has 2 heterocycles. The lowest BCUT2D eigenvalue weighted by atomic mass is 10.1. The molecule has 1 atom stereocenters. The predicted octanol–water partition coefficient (Wildman–Crippen LogP) is 3.11. The van der Waals surface area contributed by atoms with Crippen molar-refractivity contribution < 1.29 is 12.8 Å². The number of nitrogens with zero attached hydrogens (tertiary/aromatic N) is 1. The van der Waals surface area contributed by atoms with Crippen molar-refractivity contribution in [3.63, 3.8) is 0 Å². The molecule has 0 aliphatic carbocycles. The van der Waals surface area contributed by atoms with Crippen LogP contribution in [0, 0.1) is 6.92 Å². The topological polar surface area (TPSA) is 50.5 Å². The molecule has 0 amide bonds. The van der Waals surface area contributed by atoms with Gasteiger partial charge in [0.25, 0.3) is 0 Å². The molecular formula is C15H17NO3S. The Kier molecular flexibility index (Phi) is 3.40. The molecule has 1 aliphatic heterocycles. The maximum absolute atomic E-state index is 12.7. The Morgan fingerprint density at radius 1 is 1.20 bits per heavy atom. The molecule has 0 radical (unpaired) electrons. The van der Waals surface area contributed by atoms with Gasteiger partial charge in [0.2, 0.25) is 10.0 Å². The molecule has 0 spiro atoms. The Hall–Kier alpha value is -1.59. The molecule has 0 bridgehead atoms. The fourth-order valence-corrected chi connectivity index (χ4v) is 4.35. The van der Waals surface area contributed by atoms with Crippen molar-refractivity contribution in [2.75, 3.05) is 6.54 Å². The number of sulfonamides is 1. The quantitative estimate of drug-likeness (QED) is 0.873. The zero-order valence-electron chi connectivity index (χ0n) is 11.3. The second kappa shape index (κ2) is 5.07. The van der Waals surface area contributed by atoms with Crippen LogP contribution in [0.2, 0.25) is 0 Å². The molecule has 5 heteroatoms. The Labute approximate surface area is 119 Å². The minimum Gasteiger partial charge on any atom is -0.472 e. The van der Waals surface area contributed by atoms with Crippen molar-refractivity contribution in [3.05, 3.63) is 54.0 Å². The average Bonchev–Trinajstić information content (AvgIpc) is 3.10. The van der Waals surface area contributed by atoms with E-state index in [1.54, 1.807) is 29.0 Å². The number of aryl methyl sites for hydroxylation is 1. The third kappa shape index (κ3) is 2.27. The summed E-state index contributed by atoms with van der Waals surface area (Å²) in [5.41, 5.74) is 1.98. The Morgan fingerprint density at radius 2 is 1.95 bits per heavy atom. The van der Waals surface area contributed by atoms with Crippen molar-refractivity contribution in [2.45, 2.75) is 30.7 Å². The summed E-state index contributed by atoms with van der Waals surface area (Å²) in [6.45, 7) is 2.51. The number of furan rings is 1. The fraction of sp³-hybridized carbons (Fsp3) is 0.333. The summed E-state index contributed by atoms with van der Waals surface area (Å²) in [5, 5.41) is 0. The standard InChI is InChI=1S/C15H17NO3S/c1-12-4-6-14(7-5-12)20(17,18)16-9-2-3-15(16)13-8-10-19-11-13/h4-8,10-11,15H,2-3,9H2,1H3. The SMILES string of the molecule is Cc1ccc(S(=O)(=O)N2CCCC2c2ccoc2)cc1. The van der Waals surface area contributed by atoms with Crippen LogP contribution >= 0.6 is 0 Å². The number of hydrogen-bond donors (Lipinski definition) is 0. The van der Waals surface area contributed by atoms with Crippen molar-refractivity contribution >= 4 is 10.0 Å². The van der Waals surface area contributed by atoms with Crippen LogP contribution < -0.4 is 0 Å². The zero-order chi connectivity index (χ0) is 14.2. The molecule has 4 nitrogen and oxygen atoms in total. The van der Waals surface area contributed by atoms with Crippen molar-refractivity contribution in [1.82, 2.24) is 4.31 Å². The van der Waals surface area contributed by atoms with E-state index in [1.165, 1.54) is 0 Å². The summed E-state index contributed by atoms with van der Waals surface area (Å²) in [4.78, 5) is 0.360.